The molecule has 1 amide bonds. The van der Waals surface area contributed by atoms with Crippen LogP contribution < -0.4 is 10.1 Å². The number of H-pyrrole nitrogens is 1. The van der Waals surface area contributed by atoms with Gasteiger partial charge in [-0.1, -0.05) is 23.7 Å². The van der Waals surface area contributed by atoms with Crippen LogP contribution in [0.2, 0.25) is 5.15 Å². The minimum Gasteiger partial charge on any atom is -0.481 e. The number of nitrogens with one attached hydrogen (secondary N) is 2. The number of amides is 1. The molecule has 0 aliphatic carbocycles. The first-order valence-corrected chi connectivity index (χ1v) is 6.97. The average molecular weight is 317 g/mol. The molecule has 3 aromatic rings. The third-order valence-electron chi connectivity index (χ3n) is 3.10. The van der Waals surface area contributed by atoms with Crippen LogP contribution in [0.15, 0.2) is 36.4 Å². The molecule has 1 aromatic carbocycles. The molecule has 0 spiro atoms. The lowest BCUT2D eigenvalue weighted by Gasteiger charge is -2.05. The van der Waals surface area contributed by atoms with E-state index >= 15 is 0 Å². The predicted octanol–water partition coefficient (Wildman–Crippen LogP) is 2.55. The second-order valence-electron chi connectivity index (χ2n) is 4.60. The fraction of sp³-hybridized carbons (Fsp3) is 0.133. The van der Waals surface area contributed by atoms with Gasteiger partial charge in [-0.15, -0.1) is 0 Å². The Morgan fingerprint density at radius 1 is 1.32 bits per heavy atom. The summed E-state index contributed by atoms with van der Waals surface area (Å²) in [5.41, 5.74) is 2.17. The SMILES string of the molecule is COc1cc(C(=O)NCc2nc3ccccc3[nH]2)cc(Cl)n1. The van der Waals surface area contributed by atoms with Gasteiger partial charge >= 0.3 is 0 Å². The van der Waals surface area contributed by atoms with E-state index in [9.17, 15) is 4.79 Å². The summed E-state index contributed by atoms with van der Waals surface area (Å²) in [7, 11) is 1.47. The fourth-order valence-corrected chi connectivity index (χ4v) is 2.26. The molecule has 2 aromatic heterocycles. The largest absolute Gasteiger partial charge is 0.481 e. The monoisotopic (exact) mass is 316 g/mol. The first-order chi connectivity index (χ1) is 10.7. The first kappa shape index (κ1) is 14.3. The minimum absolute atomic E-state index is 0.202. The minimum atomic E-state index is -0.275. The zero-order valence-corrected chi connectivity index (χ0v) is 12.5. The van der Waals surface area contributed by atoms with Crippen molar-refractivity contribution in [1.29, 1.82) is 0 Å². The maximum absolute atomic E-state index is 12.2. The summed E-state index contributed by atoms with van der Waals surface area (Å²) in [5, 5.41) is 2.98. The molecule has 2 N–H and O–H groups in total. The molecule has 22 heavy (non-hydrogen) atoms. The Morgan fingerprint density at radius 3 is 2.91 bits per heavy atom. The molecule has 0 saturated heterocycles. The summed E-state index contributed by atoms with van der Waals surface area (Å²) in [6.07, 6.45) is 0. The summed E-state index contributed by atoms with van der Waals surface area (Å²) >= 11 is 5.85. The number of ether oxygens (including phenoxy) is 1. The number of aromatic nitrogens is 3. The number of imidazole rings is 1. The Kier molecular flexibility index (Phi) is 3.93. The normalized spacial score (nSPS) is 10.6. The van der Waals surface area contributed by atoms with Crippen LogP contribution >= 0.6 is 11.6 Å². The highest BCUT2D eigenvalue weighted by Gasteiger charge is 2.10. The van der Waals surface area contributed by atoms with Crippen molar-refractivity contribution in [2.45, 2.75) is 6.54 Å². The highest BCUT2D eigenvalue weighted by Crippen LogP contribution is 2.16. The van der Waals surface area contributed by atoms with E-state index in [-0.39, 0.29) is 17.6 Å². The van der Waals surface area contributed by atoms with Gasteiger partial charge in [0.2, 0.25) is 5.88 Å². The van der Waals surface area contributed by atoms with Crippen molar-refractivity contribution in [3.63, 3.8) is 0 Å². The third-order valence-corrected chi connectivity index (χ3v) is 3.29. The number of benzene rings is 1. The molecule has 0 atom stereocenters. The van der Waals surface area contributed by atoms with Gasteiger partial charge in [0.1, 0.15) is 11.0 Å². The lowest BCUT2D eigenvalue weighted by atomic mass is 10.2. The molecule has 6 nitrogen and oxygen atoms in total. The van der Waals surface area contributed by atoms with E-state index in [0.29, 0.717) is 17.3 Å². The molecule has 0 radical (unpaired) electrons. The van der Waals surface area contributed by atoms with Gasteiger partial charge in [-0.3, -0.25) is 4.79 Å². The summed E-state index contributed by atoms with van der Waals surface area (Å²) < 4.78 is 4.99. The van der Waals surface area contributed by atoms with Crippen molar-refractivity contribution in [3.05, 3.63) is 52.9 Å². The van der Waals surface area contributed by atoms with E-state index in [1.807, 2.05) is 24.3 Å². The van der Waals surface area contributed by atoms with Crippen LogP contribution in [0.3, 0.4) is 0 Å². The van der Waals surface area contributed by atoms with Crippen molar-refractivity contribution < 1.29 is 9.53 Å². The molecule has 0 bridgehead atoms. The summed E-state index contributed by atoms with van der Waals surface area (Å²) in [4.78, 5) is 23.6. The summed E-state index contributed by atoms with van der Waals surface area (Å²) in [6, 6.07) is 10.7. The molecule has 3 rings (SSSR count). The van der Waals surface area contributed by atoms with Gasteiger partial charge in [0, 0.05) is 11.6 Å². The standard InChI is InChI=1S/C15H13ClN4O2/c1-22-14-7-9(6-12(16)20-14)15(21)17-8-13-18-10-4-2-3-5-11(10)19-13/h2-7H,8H2,1H3,(H,17,21)(H,18,19). The maximum Gasteiger partial charge on any atom is 0.251 e. The zero-order valence-electron chi connectivity index (χ0n) is 11.8. The van der Waals surface area contributed by atoms with Crippen LogP contribution in [0.1, 0.15) is 16.2 Å². The Balaban J connectivity index is 1.73. The van der Waals surface area contributed by atoms with Crippen LogP contribution in [-0.4, -0.2) is 28.0 Å². The molecule has 0 saturated carbocycles. The summed E-state index contributed by atoms with van der Waals surface area (Å²) in [5.74, 6) is 0.700. The van der Waals surface area contributed by atoms with E-state index in [4.69, 9.17) is 16.3 Å². The van der Waals surface area contributed by atoms with Crippen LogP contribution in [0.25, 0.3) is 11.0 Å². The molecule has 112 valence electrons. The Morgan fingerprint density at radius 2 is 2.14 bits per heavy atom. The number of fused-ring (bicyclic) bond motifs is 1. The number of pyridine rings is 1. The Labute approximate surface area is 131 Å². The number of halogens is 1. The first-order valence-electron chi connectivity index (χ1n) is 6.59. The molecular weight excluding hydrogens is 304 g/mol. The van der Waals surface area contributed by atoms with Gasteiger partial charge < -0.3 is 15.0 Å². The van der Waals surface area contributed by atoms with E-state index in [2.05, 4.69) is 20.3 Å². The lowest BCUT2D eigenvalue weighted by Crippen LogP contribution is -2.23. The number of carbonyl (C=O) groups excluding carboxylic acids is 1. The topological polar surface area (TPSA) is 79.9 Å². The number of para-hydroxylation sites is 2. The van der Waals surface area contributed by atoms with Gasteiger partial charge in [0.15, 0.2) is 0 Å². The van der Waals surface area contributed by atoms with Crippen molar-refractivity contribution in [2.75, 3.05) is 7.11 Å². The molecule has 2 heterocycles. The second-order valence-corrected chi connectivity index (χ2v) is 4.99. The lowest BCUT2D eigenvalue weighted by molar-refractivity contribution is 0.0949. The fourth-order valence-electron chi connectivity index (χ4n) is 2.06. The molecule has 0 unspecified atom stereocenters. The number of hydrogen-bond acceptors (Lipinski definition) is 4. The number of methoxy groups -OCH3 is 1. The van der Waals surface area contributed by atoms with E-state index in [1.54, 1.807) is 0 Å². The number of hydrogen-bond donors (Lipinski definition) is 2. The summed E-state index contributed by atoms with van der Waals surface area (Å²) in [6.45, 7) is 0.287. The van der Waals surface area contributed by atoms with Crippen LogP contribution in [0.4, 0.5) is 0 Å². The predicted molar refractivity (Wildman–Crippen MR) is 83.1 cm³/mol. The van der Waals surface area contributed by atoms with Gasteiger partial charge in [-0.2, -0.15) is 0 Å². The van der Waals surface area contributed by atoms with Gasteiger partial charge in [0.05, 0.1) is 24.7 Å². The maximum atomic E-state index is 12.2. The highest BCUT2D eigenvalue weighted by atomic mass is 35.5. The number of rotatable bonds is 4. The van der Waals surface area contributed by atoms with Crippen LogP contribution in [0.5, 0.6) is 5.88 Å². The van der Waals surface area contributed by atoms with Crippen molar-refractivity contribution in [2.24, 2.45) is 0 Å². The molecule has 7 heteroatoms. The van der Waals surface area contributed by atoms with E-state index < -0.39 is 0 Å². The molecule has 0 fully saturated rings. The molecular formula is C15H13ClN4O2. The smallest absolute Gasteiger partial charge is 0.251 e. The van der Waals surface area contributed by atoms with E-state index in [1.165, 1.54) is 19.2 Å². The Hall–Kier alpha value is -2.60. The van der Waals surface area contributed by atoms with Gasteiger partial charge in [0.25, 0.3) is 5.91 Å². The third kappa shape index (κ3) is 3.01. The molecule has 0 aliphatic heterocycles. The molecule has 0 aliphatic rings. The number of aromatic amines is 1. The number of carbonyl (C=O) groups is 1. The zero-order chi connectivity index (χ0) is 15.5. The quantitative estimate of drug-likeness (QED) is 0.725. The van der Waals surface area contributed by atoms with Crippen LogP contribution in [0, 0.1) is 0 Å². The average Bonchev–Trinajstić information content (AvgIpc) is 2.94. The van der Waals surface area contributed by atoms with Gasteiger partial charge in [-0.05, 0) is 18.2 Å². The Bertz CT molecular complexity index is 798. The second kappa shape index (κ2) is 6.03. The number of nitrogens with zero attached hydrogens (tertiary/aromatic N) is 2. The van der Waals surface area contributed by atoms with Crippen LogP contribution in [-0.2, 0) is 6.54 Å². The van der Waals surface area contributed by atoms with Crippen molar-refractivity contribution >= 4 is 28.5 Å². The highest BCUT2D eigenvalue weighted by molar-refractivity contribution is 6.29. The van der Waals surface area contributed by atoms with Crippen molar-refractivity contribution in [3.8, 4) is 5.88 Å². The van der Waals surface area contributed by atoms with E-state index in [0.717, 1.165) is 11.0 Å². The van der Waals surface area contributed by atoms with Gasteiger partial charge in [-0.25, -0.2) is 9.97 Å². The van der Waals surface area contributed by atoms with Crippen molar-refractivity contribution in [1.82, 2.24) is 20.3 Å².